The van der Waals surface area contributed by atoms with Crippen LogP contribution >= 0.6 is 11.3 Å². The van der Waals surface area contributed by atoms with Gasteiger partial charge in [0.2, 0.25) is 5.91 Å². The van der Waals surface area contributed by atoms with E-state index in [2.05, 4.69) is 9.97 Å². The Bertz CT molecular complexity index is 609. The number of carbonyl (C=O) groups excluding carboxylic acids is 2. The largest absolute Gasteiger partial charge is 0.297 e. The summed E-state index contributed by atoms with van der Waals surface area (Å²) < 4.78 is 0. The third-order valence-electron chi connectivity index (χ3n) is 2.63. The van der Waals surface area contributed by atoms with Crippen LogP contribution < -0.4 is 4.90 Å². The van der Waals surface area contributed by atoms with Crippen LogP contribution in [0.3, 0.4) is 0 Å². The number of thiazole rings is 1. The zero-order valence-corrected chi connectivity index (χ0v) is 10.2. The molecule has 90 valence electrons. The Labute approximate surface area is 107 Å². The number of aromatic nitrogens is 2. The summed E-state index contributed by atoms with van der Waals surface area (Å²) in [5.74, 6) is -0.239. The van der Waals surface area contributed by atoms with E-state index in [1.54, 1.807) is 6.20 Å². The highest BCUT2D eigenvalue weighted by molar-refractivity contribution is 7.14. The van der Waals surface area contributed by atoms with Gasteiger partial charge in [-0.25, -0.2) is 4.98 Å². The topological polar surface area (TPSA) is 63.2 Å². The fraction of sp³-hybridized carbons (Fsp3) is 0.167. The number of carbonyl (C=O) groups is 2. The van der Waals surface area contributed by atoms with Crippen molar-refractivity contribution >= 4 is 28.2 Å². The molecule has 0 saturated carbocycles. The first-order chi connectivity index (χ1) is 8.74. The van der Waals surface area contributed by atoms with Crippen LogP contribution in [0, 0.1) is 0 Å². The number of hydrogen-bond donors (Lipinski definition) is 0. The van der Waals surface area contributed by atoms with Crippen molar-refractivity contribution in [2.45, 2.75) is 6.42 Å². The van der Waals surface area contributed by atoms with Gasteiger partial charge in [0, 0.05) is 11.6 Å². The highest BCUT2D eigenvalue weighted by Crippen LogP contribution is 2.28. The number of nitrogens with zero attached hydrogens (tertiary/aromatic N) is 3. The molecule has 0 spiro atoms. The molecule has 1 aliphatic rings. The Kier molecular flexibility index (Phi) is 2.64. The van der Waals surface area contributed by atoms with Crippen molar-refractivity contribution in [1.82, 2.24) is 9.97 Å². The maximum absolute atomic E-state index is 11.6. The van der Waals surface area contributed by atoms with E-state index < -0.39 is 0 Å². The minimum Gasteiger partial charge on any atom is -0.297 e. The molecule has 1 saturated heterocycles. The lowest BCUT2D eigenvalue weighted by atomic mass is 10.3. The van der Waals surface area contributed by atoms with Crippen molar-refractivity contribution < 1.29 is 9.59 Å². The molecule has 1 aliphatic heterocycles. The van der Waals surface area contributed by atoms with Crippen LogP contribution in [0.4, 0.5) is 5.13 Å². The maximum Gasteiger partial charge on any atom is 0.236 e. The first kappa shape index (κ1) is 11.0. The standard InChI is InChI=1S/C12H9N3O2S/c16-8-5-11(17)15(6-8)12-14-10(7-18-12)9-3-1-2-4-13-9/h1-4,7H,5-6H2. The van der Waals surface area contributed by atoms with Crippen molar-refractivity contribution in [2.24, 2.45) is 0 Å². The van der Waals surface area contributed by atoms with E-state index in [1.807, 2.05) is 23.6 Å². The molecule has 3 rings (SSSR count). The summed E-state index contributed by atoms with van der Waals surface area (Å²) in [7, 11) is 0. The molecule has 1 fully saturated rings. The molecular weight excluding hydrogens is 250 g/mol. The first-order valence-corrected chi connectivity index (χ1v) is 6.31. The van der Waals surface area contributed by atoms with Gasteiger partial charge in [0.15, 0.2) is 10.9 Å². The minimum atomic E-state index is -0.179. The van der Waals surface area contributed by atoms with E-state index in [9.17, 15) is 9.59 Å². The molecular formula is C12H9N3O2S. The van der Waals surface area contributed by atoms with Crippen molar-refractivity contribution in [3.05, 3.63) is 29.8 Å². The normalized spacial score (nSPS) is 15.4. The average molecular weight is 259 g/mol. The van der Waals surface area contributed by atoms with E-state index in [4.69, 9.17) is 0 Å². The van der Waals surface area contributed by atoms with Crippen LogP contribution in [0.25, 0.3) is 11.4 Å². The molecule has 2 aromatic heterocycles. The lowest BCUT2D eigenvalue weighted by Gasteiger charge is -2.09. The molecule has 18 heavy (non-hydrogen) atoms. The molecule has 6 heteroatoms. The van der Waals surface area contributed by atoms with E-state index in [0.717, 1.165) is 11.4 Å². The molecule has 0 N–H and O–H groups in total. The smallest absolute Gasteiger partial charge is 0.236 e. The quantitative estimate of drug-likeness (QED) is 0.767. The van der Waals surface area contributed by atoms with E-state index >= 15 is 0 Å². The number of amides is 1. The van der Waals surface area contributed by atoms with Crippen LogP contribution in [0.1, 0.15) is 6.42 Å². The average Bonchev–Trinajstić information content (AvgIpc) is 2.97. The van der Waals surface area contributed by atoms with Gasteiger partial charge in [-0.05, 0) is 12.1 Å². The lowest BCUT2D eigenvalue weighted by molar-refractivity contribution is -0.121. The van der Waals surface area contributed by atoms with Crippen molar-refractivity contribution in [3.63, 3.8) is 0 Å². The molecule has 0 unspecified atom stereocenters. The summed E-state index contributed by atoms with van der Waals surface area (Å²) >= 11 is 1.35. The third-order valence-corrected chi connectivity index (χ3v) is 3.50. The summed E-state index contributed by atoms with van der Waals surface area (Å²) in [6, 6.07) is 5.57. The van der Waals surface area contributed by atoms with Gasteiger partial charge in [-0.15, -0.1) is 11.3 Å². The summed E-state index contributed by atoms with van der Waals surface area (Å²) in [5.41, 5.74) is 1.49. The zero-order chi connectivity index (χ0) is 12.5. The second-order valence-electron chi connectivity index (χ2n) is 3.93. The van der Waals surface area contributed by atoms with Crippen molar-refractivity contribution in [2.75, 3.05) is 11.4 Å². The molecule has 0 bridgehead atoms. The Morgan fingerprint density at radius 3 is 2.78 bits per heavy atom. The minimum absolute atomic E-state index is 0.0154. The molecule has 0 aromatic carbocycles. The van der Waals surface area contributed by atoms with Crippen LogP contribution in [-0.4, -0.2) is 28.2 Å². The number of ketones is 1. The van der Waals surface area contributed by atoms with Gasteiger partial charge in [0.1, 0.15) is 5.69 Å². The SMILES string of the molecule is O=C1CC(=O)N(c2nc(-c3ccccn3)cs2)C1. The van der Waals surface area contributed by atoms with Crippen LogP contribution in [0.2, 0.25) is 0 Å². The predicted molar refractivity (Wildman–Crippen MR) is 67.3 cm³/mol. The molecule has 2 aromatic rings. The Morgan fingerprint density at radius 1 is 1.22 bits per heavy atom. The number of pyridine rings is 1. The lowest BCUT2D eigenvalue weighted by Crippen LogP contribution is -2.24. The predicted octanol–water partition coefficient (Wildman–Crippen LogP) is 1.51. The van der Waals surface area contributed by atoms with Gasteiger partial charge in [0.05, 0.1) is 18.7 Å². The first-order valence-electron chi connectivity index (χ1n) is 5.43. The van der Waals surface area contributed by atoms with Gasteiger partial charge in [-0.3, -0.25) is 19.5 Å². The fourth-order valence-electron chi connectivity index (χ4n) is 1.78. The number of Topliss-reactive ketones (excluding diaryl/α,β-unsaturated/α-hetero) is 1. The summed E-state index contributed by atoms with van der Waals surface area (Å²) in [5, 5.41) is 2.40. The summed E-state index contributed by atoms with van der Waals surface area (Å²) in [6.45, 7) is 0.133. The molecule has 0 aliphatic carbocycles. The van der Waals surface area contributed by atoms with E-state index in [0.29, 0.717) is 5.13 Å². The maximum atomic E-state index is 11.6. The second-order valence-corrected chi connectivity index (χ2v) is 4.76. The van der Waals surface area contributed by atoms with Gasteiger partial charge in [0.25, 0.3) is 0 Å². The van der Waals surface area contributed by atoms with Gasteiger partial charge < -0.3 is 0 Å². The zero-order valence-electron chi connectivity index (χ0n) is 9.37. The fourth-order valence-corrected chi connectivity index (χ4v) is 2.61. The van der Waals surface area contributed by atoms with Gasteiger partial charge in [-0.2, -0.15) is 0 Å². The third kappa shape index (κ3) is 1.91. The Hall–Kier alpha value is -2.08. The monoisotopic (exact) mass is 259 g/mol. The Morgan fingerprint density at radius 2 is 2.11 bits per heavy atom. The molecule has 0 radical (unpaired) electrons. The van der Waals surface area contributed by atoms with Crippen molar-refractivity contribution in [3.8, 4) is 11.4 Å². The molecule has 5 nitrogen and oxygen atoms in total. The molecule has 1 amide bonds. The Balaban J connectivity index is 1.91. The number of anilines is 1. The van der Waals surface area contributed by atoms with Crippen molar-refractivity contribution in [1.29, 1.82) is 0 Å². The summed E-state index contributed by atoms with van der Waals surface area (Å²) in [4.78, 5) is 32.8. The molecule has 0 atom stereocenters. The van der Waals surface area contributed by atoms with E-state index in [1.165, 1.54) is 16.2 Å². The van der Waals surface area contributed by atoms with Gasteiger partial charge in [-0.1, -0.05) is 6.07 Å². The second kappa shape index (κ2) is 4.30. The highest BCUT2D eigenvalue weighted by atomic mass is 32.1. The highest BCUT2D eigenvalue weighted by Gasteiger charge is 2.30. The number of hydrogen-bond acceptors (Lipinski definition) is 5. The van der Waals surface area contributed by atoms with Crippen LogP contribution in [0.15, 0.2) is 29.8 Å². The van der Waals surface area contributed by atoms with E-state index in [-0.39, 0.29) is 24.7 Å². The van der Waals surface area contributed by atoms with Gasteiger partial charge >= 0.3 is 0 Å². The summed E-state index contributed by atoms with van der Waals surface area (Å²) in [6.07, 6.45) is 1.68. The number of rotatable bonds is 2. The van der Waals surface area contributed by atoms with Crippen LogP contribution in [0.5, 0.6) is 0 Å². The van der Waals surface area contributed by atoms with Crippen LogP contribution in [-0.2, 0) is 9.59 Å². The molecule has 3 heterocycles.